The van der Waals surface area contributed by atoms with Gasteiger partial charge in [0.15, 0.2) is 24.7 Å². The summed E-state index contributed by atoms with van der Waals surface area (Å²) < 4.78 is 39.3. The van der Waals surface area contributed by atoms with E-state index >= 15 is 0 Å². The topological polar surface area (TPSA) is 392 Å². The Morgan fingerprint density at radius 3 is 1.31 bits per heavy atom. The normalized spacial score (nSPS) is 28.6. The van der Waals surface area contributed by atoms with E-state index in [1.54, 1.807) is 27.9 Å². The largest absolute Gasteiger partial charge is 0.394 e. The van der Waals surface area contributed by atoms with E-state index < -0.39 is 123 Å². The molecule has 0 radical (unpaired) electrons. The molecule has 8 unspecified atom stereocenters. The Bertz CT molecular complexity index is 1830. The summed E-state index contributed by atoms with van der Waals surface area (Å²) in [6.45, 7) is 7.67. The molecule has 496 valence electrons. The van der Waals surface area contributed by atoms with Crippen LogP contribution in [0.5, 0.6) is 0 Å². The SMILES string of the molecule is COCCCNC(=O)CCCCCNC(=O)C(CCCCNCCCCCO[C@@H]1OC(CO)[C@H](O)[C@H](O)C1C)CC(=O)C(CCCCNC(=O)CCCCO[C@@H]1OC(CO)[C@H](O)[C@H](O)C1C)NC(=O)CCCCO[C@@H]1OC(CO)[C@H](O)[C@H](O)C1C. The monoisotopic (exact) mass is 1220 g/mol. The quantitative estimate of drug-likeness (QED) is 0.0348. The molecular formula is C59H109N5O21. The number of nitrogens with one attached hydrogen (secondary N) is 5. The molecular weight excluding hydrogens is 1110 g/mol. The van der Waals surface area contributed by atoms with Gasteiger partial charge in [0.25, 0.3) is 0 Å². The van der Waals surface area contributed by atoms with Gasteiger partial charge in [-0.05, 0) is 109 Å². The number of aliphatic hydroxyl groups excluding tert-OH is 9. The van der Waals surface area contributed by atoms with E-state index in [1.807, 2.05) is 0 Å². The van der Waals surface area contributed by atoms with Gasteiger partial charge in [-0.15, -0.1) is 0 Å². The van der Waals surface area contributed by atoms with Gasteiger partial charge in [-0.1, -0.05) is 33.6 Å². The van der Waals surface area contributed by atoms with Crippen molar-refractivity contribution < 1.29 is 103 Å². The molecule has 26 heteroatoms. The summed E-state index contributed by atoms with van der Waals surface area (Å²) in [5.74, 6) is -3.37. The molecule has 3 saturated heterocycles. The minimum Gasteiger partial charge on any atom is -0.394 e. The Labute approximate surface area is 502 Å². The van der Waals surface area contributed by atoms with Crippen LogP contribution in [0.3, 0.4) is 0 Å². The Balaban J connectivity index is 1.55. The summed E-state index contributed by atoms with van der Waals surface area (Å²) >= 11 is 0. The van der Waals surface area contributed by atoms with Crippen molar-refractivity contribution in [2.75, 3.05) is 86.1 Å². The number of ether oxygens (including phenoxy) is 7. The fourth-order valence-electron chi connectivity index (χ4n) is 10.5. The van der Waals surface area contributed by atoms with E-state index in [9.17, 15) is 69.9 Å². The van der Waals surface area contributed by atoms with Gasteiger partial charge in [-0.2, -0.15) is 0 Å². The highest BCUT2D eigenvalue weighted by atomic mass is 16.7. The summed E-state index contributed by atoms with van der Waals surface area (Å²) in [5.41, 5.74) is 0. The van der Waals surface area contributed by atoms with E-state index in [-0.39, 0.29) is 68.3 Å². The van der Waals surface area contributed by atoms with Crippen LogP contribution >= 0.6 is 0 Å². The molecule has 14 N–H and O–H groups in total. The van der Waals surface area contributed by atoms with Gasteiger partial charge in [0.1, 0.15) is 36.6 Å². The zero-order valence-corrected chi connectivity index (χ0v) is 51.1. The molecule has 3 rings (SSSR count). The van der Waals surface area contributed by atoms with Crippen molar-refractivity contribution in [2.24, 2.45) is 23.7 Å². The highest BCUT2D eigenvalue weighted by Crippen LogP contribution is 2.30. The lowest BCUT2D eigenvalue weighted by Crippen LogP contribution is -2.55. The Hall–Kier alpha value is -3.13. The van der Waals surface area contributed by atoms with Crippen LogP contribution in [-0.4, -0.2) is 241 Å². The van der Waals surface area contributed by atoms with E-state index in [0.29, 0.717) is 116 Å². The van der Waals surface area contributed by atoms with Crippen LogP contribution in [0.4, 0.5) is 0 Å². The Morgan fingerprint density at radius 2 is 0.824 bits per heavy atom. The molecule has 3 fully saturated rings. The van der Waals surface area contributed by atoms with Crippen molar-refractivity contribution in [2.45, 2.75) is 235 Å². The first-order valence-corrected chi connectivity index (χ1v) is 31.4. The molecule has 3 aliphatic rings. The maximum Gasteiger partial charge on any atom is 0.223 e. The number of amides is 4. The molecule has 17 atom stereocenters. The van der Waals surface area contributed by atoms with Crippen molar-refractivity contribution in [3.63, 3.8) is 0 Å². The third kappa shape index (κ3) is 28.9. The van der Waals surface area contributed by atoms with Gasteiger partial charge in [-0.3, -0.25) is 24.0 Å². The lowest BCUT2D eigenvalue weighted by molar-refractivity contribution is -0.282. The first kappa shape index (κ1) is 76.1. The van der Waals surface area contributed by atoms with Crippen molar-refractivity contribution in [1.29, 1.82) is 0 Å². The number of rotatable bonds is 47. The third-order valence-electron chi connectivity index (χ3n) is 16.2. The van der Waals surface area contributed by atoms with E-state index in [1.165, 1.54) is 0 Å². The molecule has 3 aliphatic heterocycles. The summed E-state index contributed by atoms with van der Waals surface area (Å²) in [6, 6.07) is -0.911. The van der Waals surface area contributed by atoms with Crippen LogP contribution in [0.1, 0.15) is 156 Å². The summed E-state index contributed by atoms with van der Waals surface area (Å²) in [7, 11) is 1.61. The summed E-state index contributed by atoms with van der Waals surface area (Å²) in [6.07, 6.45) is -1.70. The average Bonchev–Trinajstić information content (AvgIpc) is 3.63. The molecule has 3 heterocycles. The summed E-state index contributed by atoms with van der Waals surface area (Å²) in [5, 5.41) is 105. The Morgan fingerprint density at radius 1 is 0.435 bits per heavy atom. The number of hydrogen-bond donors (Lipinski definition) is 14. The molecule has 0 aromatic rings. The smallest absolute Gasteiger partial charge is 0.223 e. The highest BCUT2D eigenvalue weighted by Gasteiger charge is 2.44. The number of methoxy groups -OCH3 is 1. The first-order chi connectivity index (χ1) is 40.9. The second-order valence-electron chi connectivity index (χ2n) is 23.2. The second-order valence-corrected chi connectivity index (χ2v) is 23.2. The number of ketones is 1. The second kappa shape index (κ2) is 44.3. The number of carbonyl (C=O) groups excluding carboxylic acids is 5. The van der Waals surface area contributed by atoms with Crippen molar-refractivity contribution in [1.82, 2.24) is 26.6 Å². The van der Waals surface area contributed by atoms with Crippen LogP contribution in [0.25, 0.3) is 0 Å². The van der Waals surface area contributed by atoms with Crippen molar-refractivity contribution >= 4 is 29.4 Å². The lowest BCUT2D eigenvalue weighted by atomic mass is 9.91. The minimum absolute atomic E-state index is 0.0393. The molecule has 0 aromatic carbocycles. The van der Waals surface area contributed by atoms with Crippen molar-refractivity contribution in [3.8, 4) is 0 Å². The minimum atomic E-state index is -1.26. The average molecular weight is 1220 g/mol. The summed E-state index contributed by atoms with van der Waals surface area (Å²) in [4.78, 5) is 66.7. The first-order valence-electron chi connectivity index (χ1n) is 31.4. The zero-order chi connectivity index (χ0) is 62.5. The number of hydrogen-bond acceptors (Lipinski definition) is 22. The fraction of sp³-hybridized carbons (Fsp3) is 0.915. The fourth-order valence-corrected chi connectivity index (χ4v) is 10.5. The number of aliphatic hydroxyl groups is 9. The number of Topliss-reactive ketones (excluding diaryl/α,β-unsaturated/α-hetero) is 1. The lowest BCUT2D eigenvalue weighted by Gasteiger charge is -2.40. The zero-order valence-electron chi connectivity index (χ0n) is 51.1. The van der Waals surface area contributed by atoms with Crippen LogP contribution in [0.2, 0.25) is 0 Å². The van der Waals surface area contributed by atoms with Crippen LogP contribution < -0.4 is 26.6 Å². The van der Waals surface area contributed by atoms with Gasteiger partial charge < -0.3 is 106 Å². The molecule has 0 saturated carbocycles. The molecule has 0 aromatic heterocycles. The van der Waals surface area contributed by atoms with E-state index in [2.05, 4.69) is 26.6 Å². The Kier molecular flexibility index (Phi) is 39.7. The number of carbonyl (C=O) groups is 5. The predicted molar refractivity (Wildman–Crippen MR) is 310 cm³/mol. The molecule has 26 nitrogen and oxygen atoms in total. The van der Waals surface area contributed by atoms with Crippen LogP contribution in [0.15, 0.2) is 0 Å². The van der Waals surface area contributed by atoms with Gasteiger partial charge >= 0.3 is 0 Å². The van der Waals surface area contributed by atoms with Crippen LogP contribution in [0, 0.1) is 23.7 Å². The van der Waals surface area contributed by atoms with Gasteiger partial charge in [0.2, 0.25) is 23.6 Å². The van der Waals surface area contributed by atoms with Crippen LogP contribution in [-0.2, 0) is 57.1 Å². The predicted octanol–water partition coefficient (Wildman–Crippen LogP) is -0.292. The van der Waals surface area contributed by atoms with Gasteiger partial charge in [0, 0.05) is 103 Å². The molecule has 0 bridgehead atoms. The van der Waals surface area contributed by atoms with Gasteiger partial charge in [-0.25, -0.2) is 0 Å². The third-order valence-corrected chi connectivity index (χ3v) is 16.2. The van der Waals surface area contributed by atoms with Gasteiger partial charge in [0.05, 0.1) is 44.2 Å². The maximum absolute atomic E-state index is 14.3. The van der Waals surface area contributed by atoms with E-state index in [4.69, 9.17) is 33.2 Å². The van der Waals surface area contributed by atoms with Crippen molar-refractivity contribution in [3.05, 3.63) is 0 Å². The van der Waals surface area contributed by atoms with E-state index in [0.717, 1.165) is 38.6 Å². The molecule has 85 heavy (non-hydrogen) atoms. The molecule has 0 aliphatic carbocycles. The maximum atomic E-state index is 14.3. The number of unbranched alkanes of at least 4 members (excludes halogenated alkanes) is 8. The molecule has 4 amide bonds. The highest BCUT2D eigenvalue weighted by molar-refractivity contribution is 5.92. The molecule has 0 spiro atoms. The standard InChI is InChI=1S/C59H109N5O21/c1-38-50(72)53(75)44(35-65)83-57(38)80-31-16-6-12-25-60-26-14-8-20-41(56(78)63-28-13-5-7-22-47(69)62-29-19-30-79-4)34-43(68)42(64-49(71)24-11-18-33-82-59-40(3)52(74)55(77)46(37-67)85-59)21-9-15-27-61-48(70)23-10-17-32-81-58-39(2)51(73)54(76)45(36-66)84-58/h38-42,44-46,50-55,57-60,65-67,72-77H,5-37H2,1-4H3,(H,61,70)(H,62,69)(H,63,78)(H,64,71)/t38?,39?,40?,41?,42?,44?,45?,46?,50-,51-,52-,53+,54+,55+,57-,58-,59-/m1/s1.